The molecule has 20 heavy (non-hydrogen) atoms. The van der Waals surface area contributed by atoms with Gasteiger partial charge in [0.2, 0.25) is 0 Å². The zero-order valence-corrected chi connectivity index (χ0v) is 11.6. The lowest BCUT2D eigenvalue weighted by atomic mass is 10.1. The van der Waals surface area contributed by atoms with Crippen LogP contribution in [-0.2, 0) is 12.8 Å². The molecule has 2 aromatic rings. The molecule has 0 fully saturated rings. The topological polar surface area (TPSA) is 43.4 Å². The van der Waals surface area contributed by atoms with Crippen LogP contribution in [0.15, 0.2) is 42.5 Å². The summed E-state index contributed by atoms with van der Waals surface area (Å²) in [5.74, 6) is 0. The molecule has 1 aliphatic carbocycles. The van der Waals surface area contributed by atoms with E-state index in [1.54, 1.807) is 24.3 Å². The van der Waals surface area contributed by atoms with Crippen LogP contribution in [0, 0.1) is 0 Å². The van der Waals surface area contributed by atoms with Crippen molar-refractivity contribution in [1.82, 2.24) is 0 Å². The van der Waals surface area contributed by atoms with Gasteiger partial charge in [-0.05, 0) is 60.7 Å². The third-order valence-corrected chi connectivity index (χ3v) is 3.82. The smallest absolute Gasteiger partial charge is 0.146 e. The van der Waals surface area contributed by atoms with Crippen LogP contribution in [0.5, 0.6) is 0 Å². The van der Waals surface area contributed by atoms with E-state index in [9.17, 15) is 9.90 Å². The van der Waals surface area contributed by atoms with Crippen molar-refractivity contribution in [3.63, 3.8) is 0 Å². The summed E-state index contributed by atoms with van der Waals surface area (Å²) in [6, 6.07) is 12.5. The monoisotopic (exact) mass is 286 g/mol. The Bertz CT molecular complexity index is 669. The second-order valence-electron chi connectivity index (χ2n) is 4.89. The van der Waals surface area contributed by atoms with E-state index >= 15 is 0 Å². The quantitative estimate of drug-likeness (QED) is 0.850. The Morgan fingerprint density at radius 2 is 1.80 bits per heavy atom. The number of rotatable bonds is 2. The van der Waals surface area contributed by atoms with Crippen LogP contribution < -0.4 is 10.0 Å². The van der Waals surface area contributed by atoms with Gasteiger partial charge in [-0.1, -0.05) is 23.7 Å². The molecule has 0 heterocycles. The van der Waals surface area contributed by atoms with Crippen molar-refractivity contribution in [2.75, 3.05) is 4.90 Å². The SMILES string of the molecule is O=C([O-])N(c1cccc(Cl)c1)c1ccc2c(c1)CCC2. The second-order valence-corrected chi connectivity index (χ2v) is 5.32. The first kappa shape index (κ1) is 13.0. The highest BCUT2D eigenvalue weighted by atomic mass is 35.5. The molecule has 0 aromatic heterocycles. The maximum Gasteiger partial charge on any atom is 0.146 e. The summed E-state index contributed by atoms with van der Waals surface area (Å²) < 4.78 is 0. The molecule has 0 aliphatic heterocycles. The number of aryl methyl sites for hydroxylation is 2. The Kier molecular flexibility index (Phi) is 3.36. The molecule has 0 N–H and O–H groups in total. The zero-order valence-electron chi connectivity index (χ0n) is 10.8. The average Bonchev–Trinajstić information content (AvgIpc) is 2.86. The van der Waals surface area contributed by atoms with Gasteiger partial charge in [0.15, 0.2) is 0 Å². The van der Waals surface area contributed by atoms with Gasteiger partial charge < -0.3 is 9.90 Å². The van der Waals surface area contributed by atoms with Gasteiger partial charge in [-0.25, -0.2) is 0 Å². The highest BCUT2D eigenvalue weighted by Gasteiger charge is 2.16. The van der Waals surface area contributed by atoms with Gasteiger partial charge in [0.25, 0.3) is 0 Å². The van der Waals surface area contributed by atoms with Crippen LogP contribution in [0.1, 0.15) is 17.5 Å². The number of hydrogen-bond donors (Lipinski definition) is 0. The van der Waals surface area contributed by atoms with Gasteiger partial charge in [-0.3, -0.25) is 4.90 Å². The molecule has 1 aliphatic rings. The molecule has 3 rings (SSSR count). The molecule has 0 atom stereocenters. The molecule has 0 saturated heterocycles. The summed E-state index contributed by atoms with van der Waals surface area (Å²) in [7, 11) is 0. The Hall–Kier alpha value is -2.00. The fourth-order valence-electron chi connectivity index (χ4n) is 2.67. The van der Waals surface area contributed by atoms with E-state index in [4.69, 9.17) is 11.6 Å². The molecule has 1 amide bonds. The van der Waals surface area contributed by atoms with Gasteiger partial charge in [-0.15, -0.1) is 0 Å². The number of amides is 1. The highest BCUT2D eigenvalue weighted by molar-refractivity contribution is 6.31. The molecule has 0 spiro atoms. The molecular formula is C16H13ClNO2-. The standard InChI is InChI=1S/C16H14ClNO2/c17-13-5-2-6-14(10-13)18(16(19)20)15-8-7-11-3-1-4-12(11)9-15/h2,5-10H,1,3-4H2,(H,19,20)/p-1. The predicted octanol–water partition coefficient (Wildman–Crippen LogP) is 3.31. The number of carbonyl (C=O) groups excluding carboxylic acids is 1. The van der Waals surface area contributed by atoms with E-state index in [1.807, 2.05) is 18.2 Å². The average molecular weight is 287 g/mol. The van der Waals surface area contributed by atoms with Crippen molar-refractivity contribution in [3.05, 3.63) is 58.6 Å². The van der Waals surface area contributed by atoms with Gasteiger partial charge in [0.1, 0.15) is 6.09 Å². The van der Waals surface area contributed by atoms with Crippen LogP contribution in [0.3, 0.4) is 0 Å². The van der Waals surface area contributed by atoms with E-state index in [0.29, 0.717) is 16.4 Å². The number of anilines is 2. The molecule has 3 nitrogen and oxygen atoms in total. The van der Waals surface area contributed by atoms with Crippen molar-refractivity contribution in [2.45, 2.75) is 19.3 Å². The molecule has 0 bridgehead atoms. The summed E-state index contributed by atoms with van der Waals surface area (Å²) in [5, 5.41) is 12.0. The third-order valence-electron chi connectivity index (χ3n) is 3.59. The van der Waals surface area contributed by atoms with Gasteiger partial charge in [-0.2, -0.15) is 0 Å². The van der Waals surface area contributed by atoms with Crippen molar-refractivity contribution in [3.8, 4) is 0 Å². The minimum Gasteiger partial charge on any atom is -0.529 e. The Morgan fingerprint density at radius 1 is 1.05 bits per heavy atom. The lowest BCUT2D eigenvalue weighted by Gasteiger charge is -2.26. The normalized spacial score (nSPS) is 13.1. The summed E-state index contributed by atoms with van der Waals surface area (Å²) in [4.78, 5) is 12.6. The number of fused-ring (bicyclic) bond motifs is 1. The predicted molar refractivity (Wildman–Crippen MR) is 77.5 cm³/mol. The Balaban J connectivity index is 2.05. The fraction of sp³-hybridized carbons (Fsp3) is 0.188. The number of halogens is 1. The molecule has 2 aromatic carbocycles. The maximum absolute atomic E-state index is 11.5. The third kappa shape index (κ3) is 2.37. The van der Waals surface area contributed by atoms with Crippen LogP contribution in [0.2, 0.25) is 5.02 Å². The van der Waals surface area contributed by atoms with E-state index in [2.05, 4.69) is 0 Å². The van der Waals surface area contributed by atoms with Crippen LogP contribution in [0.25, 0.3) is 0 Å². The van der Waals surface area contributed by atoms with E-state index in [1.165, 1.54) is 11.1 Å². The molecule has 0 saturated carbocycles. The number of hydrogen-bond acceptors (Lipinski definition) is 2. The summed E-state index contributed by atoms with van der Waals surface area (Å²) in [6.45, 7) is 0. The summed E-state index contributed by atoms with van der Waals surface area (Å²) >= 11 is 5.93. The first-order chi connectivity index (χ1) is 9.65. The largest absolute Gasteiger partial charge is 0.529 e. The zero-order chi connectivity index (χ0) is 14.1. The van der Waals surface area contributed by atoms with Crippen LogP contribution >= 0.6 is 11.6 Å². The minimum atomic E-state index is -1.26. The highest BCUT2D eigenvalue weighted by Crippen LogP contribution is 2.31. The van der Waals surface area contributed by atoms with Crippen molar-refractivity contribution in [1.29, 1.82) is 0 Å². The van der Waals surface area contributed by atoms with Crippen LogP contribution in [0.4, 0.5) is 16.2 Å². The lowest BCUT2D eigenvalue weighted by Crippen LogP contribution is -2.38. The van der Waals surface area contributed by atoms with Crippen molar-refractivity contribution >= 4 is 29.1 Å². The molecule has 0 unspecified atom stereocenters. The fourth-order valence-corrected chi connectivity index (χ4v) is 2.86. The second kappa shape index (κ2) is 5.17. The number of carboxylic acid groups (broad SMARTS) is 1. The molecule has 102 valence electrons. The number of nitrogens with zero attached hydrogens (tertiary/aromatic N) is 1. The number of benzene rings is 2. The molecule has 4 heteroatoms. The van der Waals surface area contributed by atoms with E-state index < -0.39 is 6.09 Å². The summed E-state index contributed by atoms with van der Waals surface area (Å²) in [6.07, 6.45) is 1.93. The maximum atomic E-state index is 11.5. The first-order valence-electron chi connectivity index (χ1n) is 6.53. The van der Waals surface area contributed by atoms with E-state index in [-0.39, 0.29) is 0 Å². The van der Waals surface area contributed by atoms with Gasteiger partial charge in [0.05, 0.1) is 0 Å². The Labute approximate surface area is 122 Å². The molecule has 0 radical (unpaired) electrons. The summed E-state index contributed by atoms with van der Waals surface area (Å²) in [5.41, 5.74) is 3.62. The van der Waals surface area contributed by atoms with Gasteiger partial charge >= 0.3 is 0 Å². The first-order valence-corrected chi connectivity index (χ1v) is 6.91. The lowest BCUT2D eigenvalue weighted by molar-refractivity contribution is -0.245. The van der Waals surface area contributed by atoms with E-state index in [0.717, 1.165) is 24.2 Å². The minimum absolute atomic E-state index is 0.495. The van der Waals surface area contributed by atoms with Crippen molar-refractivity contribution in [2.24, 2.45) is 0 Å². The van der Waals surface area contributed by atoms with Crippen molar-refractivity contribution < 1.29 is 9.90 Å². The number of carbonyl (C=O) groups is 1. The molecular weight excluding hydrogens is 274 g/mol. The van der Waals surface area contributed by atoms with Crippen LogP contribution in [-0.4, -0.2) is 6.09 Å². The van der Waals surface area contributed by atoms with Gasteiger partial charge in [0, 0.05) is 16.4 Å². The Morgan fingerprint density at radius 3 is 2.55 bits per heavy atom.